The Labute approximate surface area is 112 Å². The number of rotatable bonds is 3. The van der Waals surface area contributed by atoms with Crippen LogP contribution < -0.4 is 10.6 Å². The van der Waals surface area contributed by atoms with Crippen LogP contribution in [0, 0.1) is 10.1 Å². The number of benzene rings is 1. The first-order valence-corrected chi connectivity index (χ1v) is 6.46. The summed E-state index contributed by atoms with van der Waals surface area (Å²) in [5.74, 6) is 0. The van der Waals surface area contributed by atoms with Crippen LogP contribution in [-0.4, -0.2) is 29.2 Å². The minimum Gasteiger partial charge on any atom is -0.393 e. The molecule has 1 aromatic carbocycles. The fourth-order valence-electron chi connectivity index (χ4n) is 2.75. The van der Waals surface area contributed by atoms with Crippen molar-refractivity contribution < 1.29 is 10.0 Å². The zero-order chi connectivity index (χ0) is 14.0. The summed E-state index contributed by atoms with van der Waals surface area (Å²) >= 11 is 0. The van der Waals surface area contributed by atoms with Crippen LogP contribution in [0.2, 0.25) is 0 Å². The van der Waals surface area contributed by atoms with E-state index in [0.29, 0.717) is 5.69 Å². The summed E-state index contributed by atoms with van der Waals surface area (Å²) in [5, 5.41) is 21.2. The lowest BCUT2D eigenvalue weighted by Crippen LogP contribution is -2.43. The lowest BCUT2D eigenvalue weighted by molar-refractivity contribution is -0.383. The van der Waals surface area contributed by atoms with Crippen molar-refractivity contribution in [2.24, 2.45) is 0 Å². The smallest absolute Gasteiger partial charge is 0.315 e. The number of nitrogens with zero attached hydrogens (tertiary/aromatic N) is 2. The molecule has 0 amide bonds. The minimum atomic E-state index is -0.462. The molecule has 19 heavy (non-hydrogen) atoms. The summed E-state index contributed by atoms with van der Waals surface area (Å²) in [6.07, 6.45) is 3.17. The maximum Gasteiger partial charge on any atom is 0.315 e. The number of hydrogen-bond donors (Lipinski definition) is 2. The van der Waals surface area contributed by atoms with Crippen LogP contribution in [0.4, 0.5) is 17.1 Å². The molecule has 104 valence electrons. The van der Waals surface area contributed by atoms with E-state index in [1.54, 1.807) is 24.1 Å². The maximum absolute atomic E-state index is 11.1. The first-order chi connectivity index (χ1) is 9.02. The summed E-state index contributed by atoms with van der Waals surface area (Å²) in [7, 11) is 1.78. The van der Waals surface area contributed by atoms with E-state index < -0.39 is 11.0 Å². The van der Waals surface area contributed by atoms with Crippen molar-refractivity contribution in [1.29, 1.82) is 0 Å². The summed E-state index contributed by atoms with van der Waals surface area (Å²) in [4.78, 5) is 12.5. The summed E-state index contributed by atoms with van der Waals surface area (Å²) in [6, 6.07) is 4.81. The zero-order valence-corrected chi connectivity index (χ0v) is 11.0. The predicted molar refractivity (Wildman–Crippen MR) is 74.2 cm³/mol. The van der Waals surface area contributed by atoms with Gasteiger partial charge in [0.2, 0.25) is 0 Å². The van der Waals surface area contributed by atoms with Gasteiger partial charge < -0.3 is 15.7 Å². The van der Waals surface area contributed by atoms with Gasteiger partial charge in [-0.15, -0.1) is 0 Å². The first kappa shape index (κ1) is 13.6. The molecule has 0 heterocycles. The normalized spacial score (nSPS) is 23.1. The van der Waals surface area contributed by atoms with Crippen molar-refractivity contribution in [2.45, 2.75) is 37.8 Å². The molecular weight excluding hydrogens is 246 g/mol. The number of aliphatic hydroxyl groups excluding tert-OH is 1. The van der Waals surface area contributed by atoms with Crippen molar-refractivity contribution in [1.82, 2.24) is 0 Å². The highest BCUT2D eigenvalue weighted by Gasteiger charge is 2.30. The van der Waals surface area contributed by atoms with Gasteiger partial charge in [0.15, 0.2) is 0 Å². The third kappa shape index (κ3) is 2.63. The molecule has 0 radical (unpaired) electrons. The zero-order valence-electron chi connectivity index (χ0n) is 11.0. The average molecular weight is 265 g/mol. The molecular formula is C13H19N3O3. The number of nitro benzene ring substituents is 1. The Bertz CT molecular complexity index is 478. The van der Waals surface area contributed by atoms with E-state index in [9.17, 15) is 15.2 Å². The third-order valence-electron chi connectivity index (χ3n) is 3.80. The molecule has 6 nitrogen and oxygen atoms in total. The molecule has 2 unspecified atom stereocenters. The lowest BCUT2D eigenvalue weighted by atomic mass is 9.91. The largest absolute Gasteiger partial charge is 0.393 e. The second kappa shape index (κ2) is 5.44. The van der Waals surface area contributed by atoms with Crippen molar-refractivity contribution in [3.63, 3.8) is 0 Å². The molecule has 0 bridgehead atoms. The number of nitrogen functional groups attached to an aromatic ring is 1. The molecule has 3 N–H and O–H groups in total. The Morgan fingerprint density at radius 1 is 1.42 bits per heavy atom. The van der Waals surface area contributed by atoms with E-state index in [-0.39, 0.29) is 17.4 Å². The van der Waals surface area contributed by atoms with Gasteiger partial charge in [0.05, 0.1) is 17.1 Å². The van der Waals surface area contributed by atoms with Gasteiger partial charge in [0.1, 0.15) is 11.4 Å². The van der Waals surface area contributed by atoms with Crippen molar-refractivity contribution >= 4 is 17.1 Å². The van der Waals surface area contributed by atoms with Crippen molar-refractivity contribution in [3.8, 4) is 0 Å². The van der Waals surface area contributed by atoms with Gasteiger partial charge in [-0.2, -0.15) is 0 Å². The highest BCUT2D eigenvalue weighted by Crippen LogP contribution is 2.36. The van der Waals surface area contributed by atoms with Crippen LogP contribution in [0.25, 0.3) is 0 Å². The quantitative estimate of drug-likeness (QED) is 0.495. The van der Waals surface area contributed by atoms with Gasteiger partial charge in [-0.3, -0.25) is 10.1 Å². The second-order valence-electron chi connectivity index (χ2n) is 5.00. The van der Waals surface area contributed by atoms with Crippen LogP contribution in [0.1, 0.15) is 25.7 Å². The maximum atomic E-state index is 11.1. The van der Waals surface area contributed by atoms with Gasteiger partial charge in [-0.05, 0) is 25.0 Å². The number of nitro groups is 1. The molecule has 6 heteroatoms. The van der Waals surface area contributed by atoms with E-state index in [1.807, 2.05) is 0 Å². The number of anilines is 2. The van der Waals surface area contributed by atoms with Gasteiger partial charge in [-0.1, -0.05) is 18.9 Å². The molecule has 2 atom stereocenters. The van der Waals surface area contributed by atoms with Crippen molar-refractivity contribution in [2.75, 3.05) is 17.7 Å². The van der Waals surface area contributed by atoms with Crippen LogP contribution in [0.3, 0.4) is 0 Å². The Morgan fingerprint density at radius 2 is 2.11 bits per heavy atom. The van der Waals surface area contributed by atoms with E-state index >= 15 is 0 Å². The predicted octanol–water partition coefficient (Wildman–Crippen LogP) is 1.92. The highest BCUT2D eigenvalue weighted by molar-refractivity contribution is 5.75. The van der Waals surface area contributed by atoms with Crippen molar-refractivity contribution in [3.05, 3.63) is 28.3 Å². The molecule has 0 aliphatic heterocycles. The van der Waals surface area contributed by atoms with Gasteiger partial charge >= 0.3 is 5.69 Å². The van der Waals surface area contributed by atoms with Crippen LogP contribution in [-0.2, 0) is 0 Å². The summed E-state index contributed by atoms with van der Waals surface area (Å²) < 4.78 is 0. The van der Waals surface area contributed by atoms with Gasteiger partial charge in [0, 0.05) is 7.05 Å². The summed E-state index contributed by atoms with van der Waals surface area (Å²) in [5.41, 5.74) is 6.23. The van der Waals surface area contributed by atoms with E-state index in [1.165, 1.54) is 6.07 Å². The van der Waals surface area contributed by atoms with Crippen LogP contribution in [0.5, 0.6) is 0 Å². The van der Waals surface area contributed by atoms with Gasteiger partial charge in [0.25, 0.3) is 0 Å². The Hall–Kier alpha value is -1.82. The number of hydrogen-bond acceptors (Lipinski definition) is 5. The molecule has 1 fully saturated rings. The number of likely N-dealkylation sites (N-methyl/N-ethyl adjacent to an activating group) is 1. The average Bonchev–Trinajstić information content (AvgIpc) is 2.37. The summed E-state index contributed by atoms with van der Waals surface area (Å²) in [6.45, 7) is 0. The standard InChI is InChI=1S/C13H19N3O3/c1-15(10-6-2-3-8-12(10)17)11-7-4-5-9(14)13(11)16(18)19/h4-5,7,10,12,17H,2-3,6,8,14H2,1H3. The molecule has 1 saturated carbocycles. The Kier molecular flexibility index (Phi) is 3.90. The topological polar surface area (TPSA) is 92.6 Å². The second-order valence-corrected chi connectivity index (χ2v) is 5.00. The van der Waals surface area contributed by atoms with E-state index in [4.69, 9.17) is 5.73 Å². The fraction of sp³-hybridized carbons (Fsp3) is 0.538. The molecule has 0 aromatic heterocycles. The number of aliphatic hydroxyl groups is 1. The lowest BCUT2D eigenvalue weighted by Gasteiger charge is -2.36. The van der Waals surface area contributed by atoms with Gasteiger partial charge in [-0.25, -0.2) is 0 Å². The molecule has 0 saturated heterocycles. The molecule has 1 aromatic rings. The van der Waals surface area contributed by atoms with Crippen LogP contribution in [0.15, 0.2) is 18.2 Å². The monoisotopic (exact) mass is 265 g/mol. The molecule has 1 aliphatic rings. The Balaban J connectivity index is 2.35. The first-order valence-electron chi connectivity index (χ1n) is 6.46. The minimum absolute atomic E-state index is 0.0808. The van der Waals surface area contributed by atoms with Crippen LogP contribution >= 0.6 is 0 Å². The molecule has 2 rings (SSSR count). The van der Waals surface area contributed by atoms with E-state index in [0.717, 1.165) is 25.7 Å². The number of nitrogens with two attached hydrogens (primary N) is 1. The molecule has 0 spiro atoms. The molecule has 1 aliphatic carbocycles. The highest BCUT2D eigenvalue weighted by atomic mass is 16.6. The van der Waals surface area contributed by atoms with E-state index in [2.05, 4.69) is 0 Å². The SMILES string of the molecule is CN(c1cccc(N)c1[N+](=O)[O-])C1CCCCC1O. The Morgan fingerprint density at radius 3 is 2.74 bits per heavy atom. The fourth-order valence-corrected chi connectivity index (χ4v) is 2.75. The number of para-hydroxylation sites is 1. The third-order valence-corrected chi connectivity index (χ3v) is 3.80.